The number of benzene rings is 1. The van der Waals surface area contributed by atoms with Crippen molar-refractivity contribution in [2.45, 2.75) is 19.1 Å². The summed E-state index contributed by atoms with van der Waals surface area (Å²) in [5.74, 6) is -0.510. The maximum atomic E-state index is 13.3. The summed E-state index contributed by atoms with van der Waals surface area (Å²) < 4.78 is 49.4. The Kier molecular flexibility index (Phi) is 4.91. The first-order valence-corrected chi connectivity index (χ1v) is 5.48. The molecule has 7 heteroatoms. The lowest BCUT2D eigenvalue weighted by Gasteiger charge is -2.16. The van der Waals surface area contributed by atoms with E-state index in [1.165, 1.54) is 25.1 Å². The van der Waals surface area contributed by atoms with Crippen LogP contribution in [0.3, 0.4) is 0 Å². The average Bonchev–Trinajstić information content (AvgIpc) is 2.19. The molecule has 0 aliphatic carbocycles. The summed E-state index contributed by atoms with van der Waals surface area (Å²) >= 11 is 3.15. The highest BCUT2D eigenvalue weighted by molar-refractivity contribution is 9.10. The highest BCUT2D eigenvalue weighted by Crippen LogP contribution is 2.22. The van der Waals surface area contributed by atoms with Crippen molar-refractivity contribution in [2.75, 3.05) is 6.61 Å². The van der Waals surface area contributed by atoms with Crippen LogP contribution in [0.1, 0.15) is 18.5 Å². The molecule has 1 aromatic rings. The fourth-order valence-electron chi connectivity index (χ4n) is 1.16. The molecule has 0 heterocycles. The number of rotatable bonds is 4. The van der Waals surface area contributed by atoms with Crippen molar-refractivity contribution in [3.63, 3.8) is 0 Å². The molecule has 0 amide bonds. The maximum Gasteiger partial charge on any atom is 0.413 e. The topological polar surface area (TPSA) is 21.3 Å². The molecule has 17 heavy (non-hydrogen) atoms. The summed E-state index contributed by atoms with van der Waals surface area (Å²) in [4.78, 5) is 4.25. The van der Waals surface area contributed by atoms with Gasteiger partial charge in [-0.05, 0) is 25.1 Å². The van der Waals surface area contributed by atoms with Gasteiger partial charge in [0, 0.05) is 10.0 Å². The quantitative estimate of drug-likeness (QED) is 0.675. The highest BCUT2D eigenvalue weighted by atomic mass is 79.9. The van der Waals surface area contributed by atoms with Gasteiger partial charge in [0.05, 0.1) is 6.04 Å². The monoisotopic (exact) mass is 315 g/mol. The predicted molar refractivity (Wildman–Crippen MR) is 57.7 cm³/mol. The molecular weight excluding hydrogens is 306 g/mol. The minimum Gasteiger partial charge on any atom is -0.292 e. The van der Waals surface area contributed by atoms with Gasteiger partial charge in [-0.1, -0.05) is 15.9 Å². The largest absolute Gasteiger partial charge is 0.413 e. The van der Waals surface area contributed by atoms with Crippen LogP contribution >= 0.6 is 15.9 Å². The van der Waals surface area contributed by atoms with E-state index in [1.54, 1.807) is 0 Å². The second-order valence-electron chi connectivity index (χ2n) is 3.41. The molecule has 0 saturated carbocycles. The normalized spacial score (nSPS) is 13.8. The summed E-state index contributed by atoms with van der Waals surface area (Å²) in [6.45, 7) is 0.0776. The number of hydroxylamine groups is 1. The van der Waals surface area contributed by atoms with E-state index in [4.69, 9.17) is 0 Å². The van der Waals surface area contributed by atoms with Crippen LogP contribution in [0.25, 0.3) is 0 Å². The fraction of sp³-hybridized carbons (Fsp3) is 0.400. The van der Waals surface area contributed by atoms with Gasteiger partial charge in [0.25, 0.3) is 0 Å². The Bertz CT molecular complexity index is 383. The van der Waals surface area contributed by atoms with Crippen molar-refractivity contribution in [3.05, 3.63) is 34.1 Å². The third-order valence-corrected chi connectivity index (χ3v) is 2.41. The van der Waals surface area contributed by atoms with E-state index in [9.17, 15) is 17.6 Å². The first kappa shape index (κ1) is 14.4. The lowest BCUT2D eigenvalue weighted by molar-refractivity contribution is -0.192. The standard InChI is InChI=1S/C10H10BrF4NO/c1-6(16-17-5-10(13,14)15)8-4-7(11)2-3-9(8)12/h2-4,6,16H,5H2,1H3. The van der Waals surface area contributed by atoms with Crippen LogP contribution in [0.15, 0.2) is 22.7 Å². The van der Waals surface area contributed by atoms with E-state index in [1.807, 2.05) is 0 Å². The van der Waals surface area contributed by atoms with Crippen LogP contribution in [0, 0.1) is 5.82 Å². The number of halogens is 5. The Morgan fingerprint density at radius 2 is 2.06 bits per heavy atom. The van der Waals surface area contributed by atoms with Gasteiger partial charge in [-0.3, -0.25) is 4.84 Å². The molecule has 0 aliphatic heterocycles. The smallest absolute Gasteiger partial charge is 0.292 e. The Balaban J connectivity index is 2.58. The predicted octanol–water partition coefficient (Wildman–Crippen LogP) is 3.73. The molecule has 0 fully saturated rings. The molecule has 96 valence electrons. The number of hydrogen-bond acceptors (Lipinski definition) is 2. The number of nitrogens with one attached hydrogen (secondary N) is 1. The fourth-order valence-corrected chi connectivity index (χ4v) is 1.54. The van der Waals surface area contributed by atoms with Crippen molar-refractivity contribution in [3.8, 4) is 0 Å². The van der Waals surface area contributed by atoms with Gasteiger partial charge in [0.1, 0.15) is 5.82 Å². The molecule has 0 radical (unpaired) electrons. The van der Waals surface area contributed by atoms with E-state index in [2.05, 4.69) is 26.2 Å². The molecule has 0 aromatic heterocycles. The third kappa shape index (κ3) is 5.01. The van der Waals surface area contributed by atoms with E-state index in [-0.39, 0.29) is 5.56 Å². The average molecular weight is 316 g/mol. The molecule has 1 aromatic carbocycles. The molecule has 0 saturated heterocycles. The Morgan fingerprint density at radius 3 is 2.65 bits per heavy atom. The second kappa shape index (κ2) is 5.79. The summed E-state index contributed by atoms with van der Waals surface area (Å²) in [6, 6.07) is 3.52. The zero-order valence-corrected chi connectivity index (χ0v) is 10.4. The molecule has 0 spiro atoms. The van der Waals surface area contributed by atoms with Crippen LogP contribution in [-0.4, -0.2) is 12.8 Å². The molecule has 1 rings (SSSR count). The minimum atomic E-state index is -4.41. The van der Waals surface area contributed by atoms with Crippen LogP contribution in [-0.2, 0) is 4.84 Å². The van der Waals surface area contributed by atoms with Crippen LogP contribution < -0.4 is 5.48 Å². The zero-order chi connectivity index (χ0) is 13.1. The SMILES string of the molecule is CC(NOCC(F)(F)F)c1cc(Br)ccc1F. The third-order valence-electron chi connectivity index (χ3n) is 1.92. The highest BCUT2D eigenvalue weighted by Gasteiger charge is 2.28. The van der Waals surface area contributed by atoms with Gasteiger partial charge in [0.15, 0.2) is 6.61 Å². The van der Waals surface area contributed by atoms with Crippen LogP contribution in [0.5, 0.6) is 0 Å². The number of alkyl halides is 3. The number of hydrogen-bond donors (Lipinski definition) is 1. The van der Waals surface area contributed by atoms with Crippen molar-refractivity contribution in [1.82, 2.24) is 5.48 Å². The van der Waals surface area contributed by atoms with Gasteiger partial charge in [0.2, 0.25) is 0 Å². The van der Waals surface area contributed by atoms with Crippen LogP contribution in [0.4, 0.5) is 17.6 Å². The van der Waals surface area contributed by atoms with Gasteiger partial charge in [-0.15, -0.1) is 0 Å². The molecule has 1 N–H and O–H groups in total. The Labute approximate surface area is 104 Å². The van der Waals surface area contributed by atoms with Crippen molar-refractivity contribution >= 4 is 15.9 Å². The molecular formula is C10H10BrF4NO. The lowest BCUT2D eigenvalue weighted by atomic mass is 10.1. The van der Waals surface area contributed by atoms with Crippen LogP contribution in [0.2, 0.25) is 0 Å². The van der Waals surface area contributed by atoms with E-state index >= 15 is 0 Å². The zero-order valence-electron chi connectivity index (χ0n) is 8.81. The van der Waals surface area contributed by atoms with Crippen molar-refractivity contribution in [1.29, 1.82) is 0 Å². The molecule has 1 atom stereocenters. The molecule has 1 unspecified atom stereocenters. The minimum absolute atomic E-state index is 0.224. The van der Waals surface area contributed by atoms with Gasteiger partial charge in [-0.25, -0.2) is 4.39 Å². The van der Waals surface area contributed by atoms with Gasteiger partial charge in [-0.2, -0.15) is 18.7 Å². The first-order chi connectivity index (χ1) is 7.79. The maximum absolute atomic E-state index is 13.3. The summed E-state index contributed by atoms with van der Waals surface area (Å²) in [7, 11) is 0. The molecule has 2 nitrogen and oxygen atoms in total. The summed E-state index contributed by atoms with van der Waals surface area (Å²) in [5.41, 5.74) is 2.37. The van der Waals surface area contributed by atoms with E-state index in [0.717, 1.165) is 0 Å². The van der Waals surface area contributed by atoms with Crippen molar-refractivity contribution < 1.29 is 22.4 Å². The Hall–Kier alpha value is -0.660. The molecule has 0 aliphatic rings. The second-order valence-corrected chi connectivity index (χ2v) is 4.32. The van der Waals surface area contributed by atoms with Gasteiger partial charge < -0.3 is 0 Å². The Morgan fingerprint density at radius 1 is 1.41 bits per heavy atom. The lowest BCUT2D eigenvalue weighted by Crippen LogP contribution is -2.27. The summed E-state index contributed by atoms with van der Waals surface area (Å²) in [6.07, 6.45) is -4.41. The first-order valence-electron chi connectivity index (χ1n) is 4.68. The van der Waals surface area contributed by atoms with Crippen molar-refractivity contribution in [2.24, 2.45) is 0 Å². The van der Waals surface area contributed by atoms with Gasteiger partial charge >= 0.3 is 6.18 Å². The van der Waals surface area contributed by atoms with E-state index in [0.29, 0.717) is 4.47 Å². The molecule has 0 bridgehead atoms. The summed E-state index contributed by atoms with van der Waals surface area (Å²) in [5, 5.41) is 0. The van der Waals surface area contributed by atoms with E-state index < -0.39 is 24.6 Å².